The lowest BCUT2D eigenvalue weighted by Gasteiger charge is -2.71. The topological polar surface area (TPSA) is 512 Å². The Morgan fingerprint density at radius 2 is 1.08 bits per heavy atom. The maximum absolute atomic E-state index is 16.0. The van der Waals surface area contributed by atoms with Crippen molar-refractivity contribution in [1.82, 2.24) is 0 Å². The second-order valence-electron chi connectivity index (χ2n) is 31.0. The lowest BCUT2D eigenvalue weighted by Crippen LogP contribution is -2.68. The molecule has 98 heavy (non-hydrogen) atoms. The first-order valence-corrected chi connectivity index (χ1v) is 34.0. The number of aliphatic carboxylic acids is 1. The number of aldehydes is 1. The van der Waals surface area contributed by atoms with Crippen molar-refractivity contribution in [3.63, 3.8) is 0 Å². The molecule has 11 rings (SSSR count). The number of ether oxygens (including phenoxy) is 13. The highest BCUT2D eigenvalue weighted by Crippen LogP contribution is 2.76. The highest BCUT2D eigenvalue weighted by Gasteiger charge is 2.71. The number of esters is 1. The van der Waals surface area contributed by atoms with E-state index in [1.807, 2.05) is 0 Å². The predicted octanol–water partition coefficient (Wildman–Crippen LogP) is -3.08. The van der Waals surface area contributed by atoms with E-state index in [0.29, 0.717) is 51.4 Å². The van der Waals surface area contributed by atoms with Gasteiger partial charge in [-0.15, -0.1) is 0 Å². The van der Waals surface area contributed by atoms with Gasteiger partial charge in [-0.05, 0) is 117 Å². The molecule has 6 heterocycles. The zero-order valence-electron chi connectivity index (χ0n) is 55.9. The predicted molar refractivity (Wildman–Crippen MR) is 321 cm³/mol. The fourth-order valence-corrected chi connectivity index (χ4v) is 19.0. The van der Waals surface area contributed by atoms with Crippen LogP contribution >= 0.6 is 0 Å². The van der Waals surface area contributed by atoms with Crippen LogP contribution in [0.3, 0.4) is 0 Å². The second-order valence-corrected chi connectivity index (χ2v) is 31.0. The molecule has 0 aromatic carbocycles. The Morgan fingerprint density at radius 1 is 0.531 bits per heavy atom. The van der Waals surface area contributed by atoms with Crippen molar-refractivity contribution >= 4 is 24.4 Å². The van der Waals surface area contributed by atoms with Crippen molar-refractivity contribution in [2.24, 2.45) is 50.2 Å². The highest BCUT2D eigenvalue weighted by molar-refractivity contribution is 5.79. The van der Waals surface area contributed by atoms with E-state index in [1.54, 1.807) is 6.92 Å². The van der Waals surface area contributed by atoms with E-state index in [4.69, 9.17) is 61.6 Å². The summed E-state index contributed by atoms with van der Waals surface area (Å²) >= 11 is 0. The summed E-state index contributed by atoms with van der Waals surface area (Å²) in [6.07, 6.45) is -45.2. The number of carboxylic acids is 1. The molecule has 6 saturated heterocycles. The lowest BCUT2D eigenvalue weighted by molar-refractivity contribution is -0.382. The molecular weight excluding hydrogens is 1310 g/mol. The molecule has 33 nitrogen and oxygen atoms in total. The number of carbonyl (C=O) groups excluding carboxylic acids is 2. The van der Waals surface area contributed by atoms with Crippen LogP contribution < -0.4 is 0 Å². The third-order valence-electron chi connectivity index (χ3n) is 25.0. The van der Waals surface area contributed by atoms with Crippen LogP contribution in [0.25, 0.3) is 0 Å². The van der Waals surface area contributed by atoms with Gasteiger partial charge in [0, 0.05) is 0 Å². The zero-order chi connectivity index (χ0) is 71.6. The molecule has 6 aliphatic heterocycles. The Hall–Kier alpha value is -3.38. The molecule has 5 aliphatic carbocycles. The summed E-state index contributed by atoms with van der Waals surface area (Å²) < 4.78 is 78.1. The van der Waals surface area contributed by atoms with Gasteiger partial charge in [0.15, 0.2) is 49.8 Å². The number of carboxylic acid groups (broad SMARTS) is 2. The third kappa shape index (κ3) is 12.9. The van der Waals surface area contributed by atoms with Crippen LogP contribution in [-0.4, -0.2) is 304 Å². The van der Waals surface area contributed by atoms with Crippen LogP contribution in [0, 0.1) is 50.2 Å². The summed E-state index contributed by atoms with van der Waals surface area (Å²) in [5.41, 5.74) is -3.56. The van der Waals surface area contributed by atoms with Gasteiger partial charge in [-0.3, -0.25) is 4.79 Å². The smallest absolute Gasteiger partial charge is 0.479 e. The number of allylic oxidation sites excluding steroid dienone is 2. The van der Waals surface area contributed by atoms with E-state index in [-0.39, 0.29) is 24.2 Å². The number of rotatable bonds is 17. The van der Waals surface area contributed by atoms with Crippen LogP contribution in [0.2, 0.25) is 0 Å². The van der Waals surface area contributed by atoms with Crippen LogP contribution in [0.1, 0.15) is 120 Å². The summed E-state index contributed by atoms with van der Waals surface area (Å²) in [5.74, 6) is -3.35. The van der Waals surface area contributed by atoms with E-state index < -0.39 is 255 Å². The molecule has 0 unspecified atom stereocenters. The number of hydrogen-bond acceptors (Lipinski definition) is 31. The Balaban J connectivity index is 0.878. The van der Waals surface area contributed by atoms with Gasteiger partial charge in [-0.1, -0.05) is 53.2 Å². The summed E-state index contributed by atoms with van der Waals surface area (Å²) in [6.45, 7) is 13.4. The molecule has 4 saturated carbocycles. The van der Waals surface area contributed by atoms with Crippen molar-refractivity contribution in [2.75, 3.05) is 19.8 Å². The molecule has 0 amide bonds. The number of fused-ring (bicyclic) bond motifs is 7. The first-order chi connectivity index (χ1) is 46.0. The molecule has 0 aromatic rings. The van der Waals surface area contributed by atoms with Gasteiger partial charge < -0.3 is 148 Å². The van der Waals surface area contributed by atoms with E-state index >= 15 is 4.79 Å². The van der Waals surface area contributed by atoms with E-state index in [0.717, 1.165) is 11.9 Å². The highest BCUT2D eigenvalue weighted by atomic mass is 16.8. The minimum Gasteiger partial charge on any atom is -0.479 e. The summed E-state index contributed by atoms with van der Waals surface area (Å²) in [7, 11) is 0. The van der Waals surface area contributed by atoms with Crippen LogP contribution in [0.4, 0.5) is 4.79 Å². The SMILES string of the molecule is C[C@@H]1O[C@@H](O[C@H]2[C@H](OC(=O)[C@]34CCC(C)(C)C[C@H]3C3=CC[C@H]5[C@@]6(C)CC[C@H](O[C@@H]7O[C@H](C(=O)O)[C@@H](O)[C@H](O)[C@H]7O[C@@H]7O[C@H](CO)[C@@H](O)[C@H](O)[C@H]7O)[C@@](C)(C=O)[C@H]6CC[C@@]5(C)[C@]3(C)CC4)O[C@H](C)[C@@H](OC(=O)O)[C@@H]2O[C@@H]2O[C@H](CO)[C@@H](O)[C@H]2O)[C@H](O)[C@H](O)[C@H]1O[C@@H]1OC[C@@H](O)[C@H](O)[C@H]1O. The van der Waals surface area contributed by atoms with Crippen molar-refractivity contribution < 1.29 is 162 Å². The standard InChI is InChI=1S/C65H100O33/c1-24-45(92-52-41(77)34(70)28(69)22-86-52)40(76)44(80)53(87-24)96-50-49(95-54-42(78)36(72)30(21-67)90-54)46(97-59(84)85)25(2)88-57(50)98-58(83)65-17-15-60(3,4)19-27(65)26-9-10-32-61(5)13-12-33(62(6,23-68)31(61)11-14-64(32,8)63(26,7)16-18-65)91-56-48(39(75)38(74)47(93-56)51(81)82)94-55-43(79)37(73)35(71)29(20-66)89-55/h9,23-25,27-50,52-57,66-67,69-80H,10-22H2,1-8H3,(H,81,82)(H,84,85)/t24-,25+,27-,28+,29+,30+,31-,32-,33-,34-,35+,36+,37-,38-,39-,40-,41+,42+,43+,44+,45-,46+,47-,48+,49-,50+,52-,53-,54-,55-,56+,57-,61-,62-,63+,64+,65-/m0/s1. The van der Waals surface area contributed by atoms with E-state index in [9.17, 15) is 96.1 Å². The number of carbonyl (C=O) groups is 4. The van der Waals surface area contributed by atoms with Gasteiger partial charge in [0.2, 0.25) is 6.29 Å². The summed E-state index contributed by atoms with van der Waals surface area (Å²) in [5, 5.41) is 171. The fourth-order valence-electron chi connectivity index (χ4n) is 19.0. The molecule has 37 atom stereocenters. The average molecular weight is 1410 g/mol. The van der Waals surface area contributed by atoms with Gasteiger partial charge in [-0.25, -0.2) is 9.59 Å². The Labute approximate surface area is 564 Å². The lowest BCUT2D eigenvalue weighted by atomic mass is 9.33. The van der Waals surface area contributed by atoms with Crippen LogP contribution in [-0.2, 0) is 76.0 Å². The first-order valence-electron chi connectivity index (χ1n) is 34.0. The Kier molecular flexibility index (Phi) is 21.8. The third-order valence-corrected chi connectivity index (χ3v) is 25.0. The molecular formula is C65H100O33. The minimum absolute atomic E-state index is 0.0982. The number of aliphatic hydroxyl groups is 14. The average Bonchev–Trinajstić information content (AvgIpc) is 0.724. The number of aliphatic hydroxyl groups excluding tert-OH is 14. The maximum Gasteiger partial charge on any atom is 0.506 e. The van der Waals surface area contributed by atoms with Crippen molar-refractivity contribution in [3.8, 4) is 0 Å². The molecule has 16 N–H and O–H groups in total. The molecule has 10 fully saturated rings. The molecule has 558 valence electrons. The zero-order valence-corrected chi connectivity index (χ0v) is 55.9. The molecule has 11 aliphatic rings. The van der Waals surface area contributed by atoms with Gasteiger partial charge in [0.25, 0.3) is 0 Å². The van der Waals surface area contributed by atoms with Gasteiger partial charge in [0.05, 0.1) is 49.0 Å². The largest absolute Gasteiger partial charge is 0.506 e. The molecule has 0 bridgehead atoms. The second kappa shape index (κ2) is 28.2. The Bertz CT molecular complexity index is 2890. The summed E-state index contributed by atoms with van der Waals surface area (Å²) in [4.78, 5) is 55.0. The molecule has 0 spiro atoms. The van der Waals surface area contributed by atoms with Gasteiger partial charge in [-0.2, -0.15) is 0 Å². The van der Waals surface area contributed by atoms with Gasteiger partial charge >= 0.3 is 18.1 Å². The Morgan fingerprint density at radius 3 is 1.71 bits per heavy atom. The van der Waals surface area contributed by atoms with Crippen molar-refractivity contribution in [3.05, 3.63) is 11.6 Å². The molecule has 0 aromatic heterocycles. The van der Waals surface area contributed by atoms with Crippen molar-refractivity contribution in [2.45, 2.75) is 298 Å². The van der Waals surface area contributed by atoms with Gasteiger partial charge in [0.1, 0.15) is 110 Å². The summed E-state index contributed by atoms with van der Waals surface area (Å²) in [6, 6.07) is 0. The molecule has 0 radical (unpaired) electrons. The normalized spacial score (nSPS) is 53.2. The van der Waals surface area contributed by atoms with Crippen molar-refractivity contribution in [1.29, 1.82) is 0 Å². The fraction of sp³-hybridized carbons (Fsp3) is 0.908. The maximum atomic E-state index is 16.0. The minimum atomic E-state index is -2.11. The quantitative estimate of drug-likeness (QED) is 0.0297. The molecule has 33 heteroatoms. The number of hydrogen-bond donors (Lipinski definition) is 16. The van der Waals surface area contributed by atoms with E-state index in [1.165, 1.54) is 13.8 Å². The first kappa shape index (κ1) is 75.8. The van der Waals surface area contributed by atoms with Crippen LogP contribution in [0.5, 0.6) is 0 Å². The van der Waals surface area contributed by atoms with Crippen LogP contribution in [0.15, 0.2) is 11.6 Å². The van der Waals surface area contributed by atoms with E-state index in [2.05, 4.69) is 40.7 Å². The monoisotopic (exact) mass is 1410 g/mol.